The summed E-state index contributed by atoms with van der Waals surface area (Å²) in [4.78, 5) is 19.2. The first-order valence-electron chi connectivity index (χ1n) is 4.72. The van der Waals surface area contributed by atoms with E-state index in [0.29, 0.717) is 5.02 Å². The van der Waals surface area contributed by atoms with E-state index in [2.05, 4.69) is 9.97 Å². The van der Waals surface area contributed by atoms with Gasteiger partial charge in [0.15, 0.2) is 0 Å². The smallest absolute Gasteiger partial charge is 0.381 e. The van der Waals surface area contributed by atoms with E-state index in [1.807, 2.05) is 0 Å². The molecule has 0 saturated carbocycles. The summed E-state index contributed by atoms with van der Waals surface area (Å²) >= 11 is 5.84. The quantitative estimate of drug-likeness (QED) is 0.650. The largest absolute Gasteiger partial charge is 0.419 e. The Labute approximate surface area is 102 Å². The first kappa shape index (κ1) is 11.3. The summed E-state index contributed by atoms with van der Waals surface area (Å²) in [6.45, 7) is 0. The fourth-order valence-corrected chi connectivity index (χ4v) is 1.32. The van der Waals surface area contributed by atoms with Gasteiger partial charge >= 0.3 is 5.97 Å². The van der Waals surface area contributed by atoms with Crippen LogP contribution >= 0.6 is 11.6 Å². The van der Waals surface area contributed by atoms with Crippen molar-refractivity contribution in [3.05, 3.63) is 47.4 Å². The lowest BCUT2D eigenvalue weighted by molar-refractivity contribution is 0.0722. The van der Waals surface area contributed by atoms with Gasteiger partial charge in [-0.3, -0.25) is 0 Å². The van der Waals surface area contributed by atoms with E-state index in [9.17, 15) is 4.79 Å². The number of hydrogen-bond acceptors (Lipinski definition) is 5. The third-order valence-electron chi connectivity index (χ3n) is 1.90. The molecule has 0 amide bonds. The molecule has 2 rings (SSSR count). The number of halogens is 1. The lowest BCUT2D eigenvalue weighted by Crippen LogP contribution is -2.13. The number of hydrogen-bond donors (Lipinski definition) is 1. The number of ether oxygens (including phenoxy) is 1. The Morgan fingerprint density at radius 2 is 2.06 bits per heavy atom. The highest BCUT2D eigenvalue weighted by molar-refractivity contribution is 6.32. The maximum atomic E-state index is 11.7. The van der Waals surface area contributed by atoms with Gasteiger partial charge in [-0.25, -0.2) is 14.8 Å². The molecule has 0 aliphatic carbocycles. The van der Waals surface area contributed by atoms with Gasteiger partial charge in [-0.1, -0.05) is 23.7 Å². The third kappa shape index (κ3) is 2.70. The SMILES string of the molecule is Nc1ccnc(C(=O)Oc2ccccc2Cl)n1. The zero-order chi connectivity index (χ0) is 12.3. The standard InChI is InChI=1S/C11H8ClN3O2/c12-7-3-1-2-4-8(7)17-11(16)10-14-6-5-9(13)15-10/h1-6H,(H2,13,14,15). The molecule has 86 valence electrons. The van der Waals surface area contributed by atoms with Crippen LogP contribution in [0.1, 0.15) is 10.6 Å². The number of carbonyl (C=O) groups is 1. The van der Waals surface area contributed by atoms with Crippen LogP contribution in [0.5, 0.6) is 5.75 Å². The van der Waals surface area contributed by atoms with Crippen molar-refractivity contribution in [1.29, 1.82) is 0 Å². The maximum absolute atomic E-state index is 11.7. The van der Waals surface area contributed by atoms with Crippen LogP contribution in [-0.2, 0) is 0 Å². The van der Waals surface area contributed by atoms with Gasteiger partial charge in [-0.2, -0.15) is 0 Å². The number of aromatic nitrogens is 2. The highest BCUT2D eigenvalue weighted by atomic mass is 35.5. The average molecular weight is 250 g/mol. The van der Waals surface area contributed by atoms with Crippen LogP contribution in [0.15, 0.2) is 36.5 Å². The molecule has 1 aromatic heterocycles. The van der Waals surface area contributed by atoms with Crippen LogP contribution in [0.2, 0.25) is 5.02 Å². The number of nitrogens with zero attached hydrogens (tertiary/aromatic N) is 2. The number of esters is 1. The molecule has 0 unspecified atom stereocenters. The predicted molar refractivity (Wildman–Crippen MR) is 62.9 cm³/mol. The number of nitrogen functional groups attached to an aromatic ring is 1. The van der Waals surface area contributed by atoms with Gasteiger partial charge in [0.2, 0.25) is 5.82 Å². The van der Waals surface area contributed by atoms with E-state index < -0.39 is 5.97 Å². The Balaban J connectivity index is 2.20. The van der Waals surface area contributed by atoms with Crippen LogP contribution in [0.3, 0.4) is 0 Å². The molecular formula is C11H8ClN3O2. The summed E-state index contributed by atoms with van der Waals surface area (Å²) in [5, 5.41) is 0.338. The molecule has 2 N–H and O–H groups in total. The second-order valence-electron chi connectivity index (χ2n) is 3.13. The van der Waals surface area contributed by atoms with Crippen LogP contribution in [-0.4, -0.2) is 15.9 Å². The highest BCUT2D eigenvalue weighted by Gasteiger charge is 2.13. The molecule has 1 heterocycles. The Hall–Kier alpha value is -2.14. The van der Waals surface area contributed by atoms with E-state index >= 15 is 0 Å². The molecule has 5 nitrogen and oxygen atoms in total. The van der Waals surface area contributed by atoms with Crippen molar-refractivity contribution in [1.82, 2.24) is 9.97 Å². The summed E-state index contributed by atoms with van der Waals surface area (Å²) in [7, 11) is 0. The molecular weight excluding hydrogens is 242 g/mol. The second-order valence-corrected chi connectivity index (χ2v) is 3.53. The van der Waals surface area contributed by atoms with Gasteiger partial charge < -0.3 is 10.5 Å². The fourth-order valence-electron chi connectivity index (χ4n) is 1.14. The Kier molecular flexibility index (Phi) is 3.20. The third-order valence-corrected chi connectivity index (χ3v) is 2.21. The van der Waals surface area contributed by atoms with Crippen molar-refractivity contribution >= 4 is 23.4 Å². The fraction of sp³-hybridized carbons (Fsp3) is 0. The summed E-state index contributed by atoms with van der Waals surface area (Å²) in [6.07, 6.45) is 1.38. The number of carbonyl (C=O) groups excluding carboxylic acids is 1. The summed E-state index contributed by atoms with van der Waals surface area (Å²) in [5.74, 6) is -0.355. The molecule has 0 atom stereocenters. The molecule has 0 fully saturated rings. The van der Waals surface area contributed by atoms with Gasteiger partial charge in [-0.05, 0) is 18.2 Å². The number of benzene rings is 1. The minimum atomic E-state index is -0.703. The number of rotatable bonds is 2. The maximum Gasteiger partial charge on any atom is 0.381 e. The van der Waals surface area contributed by atoms with Gasteiger partial charge in [0.05, 0.1) is 5.02 Å². The topological polar surface area (TPSA) is 78.1 Å². The van der Waals surface area contributed by atoms with Crippen molar-refractivity contribution in [2.75, 3.05) is 5.73 Å². The number of para-hydroxylation sites is 1. The summed E-state index contributed by atoms with van der Waals surface area (Å²) in [6, 6.07) is 8.11. The number of anilines is 1. The van der Waals surface area contributed by atoms with Crippen molar-refractivity contribution in [3.63, 3.8) is 0 Å². The molecule has 0 aliphatic heterocycles. The normalized spacial score (nSPS) is 9.94. The summed E-state index contributed by atoms with van der Waals surface area (Å²) in [5.41, 5.74) is 5.43. The molecule has 0 bridgehead atoms. The molecule has 0 aliphatic rings. The monoisotopic (exact) mass is 249 g/mol. The minimum absolute atomic E-state index is 0.107. The first-order chi connectivity index (χ1) is 8.16. The predicted octanol–water partition coefficient (Wildman–Crippen LogP) is 1.93. The van der Waals surface area contributed by atoms with Crippen LogP contribution in [0.25, 0.3) is 0 Å². The van der Waals surface area contributed by atoms with Crippen molar-refractivity contribution < 1.29 is 9.53 Å². The number of nitrogens with two attached hydrogens (primary N) is 1. The van der Waals surface area contributed by atoms with Crippen LogP contribution in [0, 0.1) is 0 Å². The van der Waals surface area contributed by atoms with Crippen LogP contribution in [0.4, 0.5) is 5.82 Å². The lowest BCUT2D eigenvalue weighted by Gasteiger charge is -2.04. The zero-order valence-corrected chi connectivity index (χ0v) is 9.39. The lowest BCUT2D eigenvalue weighted by atomic mass is 10.3. The Morgan fingerprint density at radius 1 is 1.29 bits per heavy atom. The van der Waals surface area contributed by atoms with E-state index in [1.165, 1.54) is 12.3 Å². The van der Waals surface area contributed by atoms with Crippen LogP contribution < -0.4 is 10.5 Å². The van der Waals surface area contributed by atoms with Crippen molar-refractivity contribution in [2.24, 2.45) is 0 Å². The molecule has 6 heteroatoms. The average Bonchev–Trinajstić information content (AvgIpc) is 2.32. The second kappa shape index (κ2) is 4.80. The van der Waals surface area contributed by atoms with Crippen molar-refractivity contribution in [2.45, 2.75) is 0 Å². The van der Waals surface area contributed by atoms with Crippen molar-refractivity contribution in [3.8, 4) is 5.75 Å². The molecule has 17 heavy (non-hydrogen) atoms. The van der Waals surface area contributed by atoms with E-state index in [-0.39, 0.29) is 17.4 Å². The van der Waals surface area contributed by atoms with Gasteiger partial charge in [0, 0.05) is 6.20 Å². The summed E-state index contributed by atoms with van der Waals surface area (Å²) < 4.78 is 5.03. The highest BCUT2D eigenvalue weighted by Crippen LogP contribution is 2.23. The van der Waals surface area contributed by atoms with E-state index in [1.54, 1.807) is 24.3 Å². The Morgan fingerprint density at radius 3 is 2.76 bits per heavy atom. The molecule has 1 aromatic carbocycles. The minimum Gasteiger partial charge on any atom is -0.419 e. The van der Waals surface area contributed by atoms with E-state index in [4.69, 9.17) is 22.1 Å². The Bertz CT molecular complexity index is 560. The molecule has 2 aromatic rings. The van der Waals surface area contributed by atoms with Gasteiger partial charge in [0.1, 0.15) is 11.6 Å². The zero-order valence-electron chi connectivity index (χ0n) is 8.63. The van der Waals surface area contributed by atoms with E-state index in [0.717, 1.165) is 0 Å². The molecule has 0 radical (unpaired) electrons. The first-order valence-corrected chi connectivity index (χ1v) is 5.10. The van der Waals surface area contributed by atoms with Gasteiger partial charge in [-0.15, -0.1) is 0 Å². The van der Waals surface area contributed by atoms with Gasteiger partial charge in [0.25, 0.3) is 0 Å². The molecule has 0 saturated heterocycles. The molecule has 0 spiro atoms.